The number of alkyl halides is 3. The lowest BCUT2D eigenvalue weighted by molar-refractivity contribution is -0.387. The fourth-order valence-corrected chi connectivity index (χ4v) is 3.06. The number of anilines is 1. The topological polar surface area (TPSA) is 88.9 Å². The molecular formula is C15H15F3N6O2. The Morgan fingerprint density at radius 1 is 1.27 bits per heavy atom. The SMILES string of the molecule is Cc1c(N=Nc2nn(C)c(C(F)(F)F)c2[N+](=O)[O-])ccc2c1CCN2C. The van der Waals surface area contributed by atoms with Crippen molar-refractivity contribution < 1.29 is 18.1 Å². The summed E-state index contributed by atoms with van der Waals surface area (Å²) in [7, 11) is 2.94. The highest BCUT2D eigenvalue weighted by molar-refractivity contribution is 5.67. The van der Waals surface area contributed by atoms with Crippen molar-refractivity contribution in [2.75, 3.05) is 18.5 Å². The number of hydrogen-bond donors (Lipinski definition) is 0. The minimum atomic E-state index is -4.92. The number of likely N-dealkylation sites (N-methyl/N-ethyl adjacent to an activating group) is 1. The maximum atomic E-state index is 13.1. The molecule has 0 unspecified atom stereocenters. The van der Waals surface area contributed by atoms with E-state index in [2.05, 4.69) is 20.2 Å². The largest absolute Gasteiger partial charge is 0.440 e. The first-order chi connectivity index (χ1) is 12.1. The number of rotatable bonds is 3. The molecule has 0 atom stereocenters. The van der Waals surface area contributed by atoms with Crippen LogP contribution in [0.1, 0.15) is 16.8 Å². The van der Waals surface area contributed by atoms with Crippen molar-refractivity contribution in [2.24, 2.45) is 17.3 Å². The Hall–Kier alpha value is -2.98. The number of fused-ring (bicyclic) bond motifs is 1. The first-order valence-electron chi connectivity index (χ1n) is 7.65. The molecule has 2 heterocycles. The average molecular weight is 368 g/mol. The standard InChI is InChI=1S/C15H15F3N6O2/c1-8-9-6-7-22(2)11(9)5-4-10(8)19-20-14-12(24(25)26)13(15(16,17)18)23(3)21-14/h4-5H,6-7H2,1-3H3. The number of aryl methyl sites for hydroxylation is 1. The second-order valence-corrected chi connectivity index (χ2v) is 5.98. The number of azo groups is 1. The van der Waals surface area contributed by atoms with E-state index in [4.69, 9.17) is 0 Å². The molecule has 1 aromatic carbocycles. The zero-order valence-electron chi connectivity index (χ0n) is 14.2. The quantitative estimate of drug-likeness (QED) is 0.464. The van der Waals surface area contributed by atoms with E-state index in [0.717, 1.165) is 36.8 Å². The van der Waals surface area contributed by atoms with Crippen LogP contribution in [0.2, 0.25) is 0 Å². The zero-order valence-corrected chi connectivity index (χ0v) is 14.2. The summed E-state index contributed by atoms with van der Waals surface area (Å²) in [6.07, 6.45) is -4.10. The van der Waals surface area contributed by atoms with Crippen molar-refractivity contribution in [1.29, 1.82) is 0 Å². The van der Waals surface area contributed by atoms with Crippen LogP contribution in [0.5, 0.6) is 0 Å². The zero-order chi connectivity index (χ0) is 19.2. The minimum absolute atomic E-state index is 0.400. The smallest absolute Gasteiger partial charge is 0.374 e. The van der Waals surface area contributed by atoms with Crippen LogP contribution in [-0.4, -0.2) is 28.3 Å². The van der Waals surface area contributed by atoms with Crippen molar-refractivity contribution in [3.05, 3.63) is 39.1 Å². The minimum Gasteiger partial charge on any atom is -0.374 e. The lowest BCUT2D eigenvalue weighted by Crippen LogP contribution is -2.13. The van der Waals surface area contributed by atoms with Crippen LogP contribution in [0, 0.1) is 17.0 Å². The predicted octanol–water partition coefficient (Wildman–Crippen LogP) is 4.06. The van der Waals surface area contributed by atoms with E-state index in [1.54, 1.807) is 6.07 Å². The molecule has 3 rings (SSSR count). The van der Waals surface area contributed by atoms with Gasteiger partial charge in [0.05, 0.1) is 10.6 Å². The van der Waals surface area contributed by atoms with Gasteiger partial charge < -0.3 is 4.90 Å². The monoisotopic (exact) mass is 368 g/mol. The molecule has 1 aromatic heterocycles. The van der Waals surface area contributed by atoms with Crippen LogP contribution in [0.15, 0.2) is 22.4 Å². The Morgan fingerprint density at radius 3 is 2.58 bits per heavy atom. The lowest BCUT2D eigenvalue weighted by atomic mass is 10.0. The molecule has 0 fully saturated rings. The van der Waals surface area contributed by atoms with Crippen LogP contribution in [-0.2, 0) is 19.6 Å². The van der Waals surface area contributed by atoms with Gasteiger partial charge in [0.1, 0.15) is 0 Å². The molecule has 138 valence electrons. The van der Waals surface area contributed by atoms with Gasteiger partial charge >= 0.3 is 11.9 Å². The summed E-state index contributed by atoms with van der Waals surface area (Å²) in [6, 6.07) is 3.52. The Balaban J connectivity index is 2.04. The van der Waals surface area contributed by atoms with Gasteiger partial charge in [-0.1, -0.05) is 0 Å². The van der Waals surface area contributed by atoms with Crippen molar-refractivity contribution in [3.63, 3.8) is 0 Å². The number of nitro groups is 1. The normalized spacial score (nSPS) is 14.3. The Bertz CT molecular complexity index is 919. The van der Waals surface area contributed by atoms with Gasteiger partial charge in [-0.3, -0.25) is 14.8 Å². The molecule has 1 aliphatic rings. The van der Waals surface area contributed by atoms with E-state index in [1.165, 1.54) is 0 Å². The Morgan fingerprint density at radius 2 is 1.96 bits per heavy atom. The Labute approximate surface area is 146 Å². The van der Waals surface area contributed by atoms with E-state index >= 15 is 0 Å². The molecule has 0 saturated carbocycles. The molecule has 26 heavy (non-hydrogen) atoms. The lowest BCUT2D eigenvalue weighted by Gasteiger charge is -2.12. The van der Waals surface area contributed by atoms with Gasteiger partial charge in [0.15, 0.2) is 0 Å². The molecule has 0 amide bonds. The van der Waals surface area contributed by atoms with Crippen LogP contribution in [0.4, 0.5) is 36.1 Å². The van der Waals surface area contributed by atoms with Crippen LogP contribution < -0.4 is 4.90 Å². The number of aromatic nitrogens is 2. The first kappa shape index (κ1) is 17.8. The number of hydrogen-bond acceptors (Lipinski definition) is 6. The van der Waals surface area contributed by atoms with Gasteiger partial charge in [-0.25, -0.2) is 0 Å². The van der Waals surface area contributed by atoms with Gasteiger partial charge in [0.25, 0.3) is 5.82 Å². The third kappa shape index (κ3) is 2.89. The van der Waals surface area contributed by atoms with Gasteiger partial charge in [-0.05, 0) is 36.6 Å². The molecule has 8 nitrogen and oxygen atoms in total. The Kier molecular flexibility index (Phi) is 4.17. The van der Waals surface area contributed by atoms with Crippen LogP contribution in [0.25, 0.3) is 0 Å². The average Bonchev–Trinajstić information content (AvgIpc) is 3.07. The summed E-state index contributed by atoms with van der Waals surface area (Å²) >= 11 is 0. The first-order valence-corrected chi connectivity index (χ1v) is 7.65. The highest BCUT2D eigenvalue weighted by Crippen LogP contribution is 2.42. The molecule has 0 bridgehead atoms. The van der Waals surface area contributed by atoms with E-state index in [-0.39, 0.29) is 0 Å². The van der Waals surface area contributed by atoms with Crippen molar-refractivity contribution in [3.8, 4) is 0 Å². The fraction of sp³-hybridized carbons (Fsp3) is 0.400. The van der Waals surface area contributed by atoms with Crippen LogP contribution in [0.3, 0.4) is 0 Å². The maximum Gasteiger partial charge on any atom is 0.440 e. The summed E-state index contributed by atoms with van der Waals surface area (Å²) in [5.74, 6) is -0.679. The third-order valence-corrected chi connectivity index (χ3v) is 4.36. The summed E-state index contributed by atoms with van der Waals surface area (Å²) in [5.41, 5.74) is 0.740. The highest BCUT2D eigenvalue weighted by Gasteiger charge is 2.45. The highest BCUT2D eigenvalue weighted by atomic mass is 19.4. The third-order valence-electron chi connectivity index (χ3n) is 4.36. The van der Waals surface area contributed by atoms with Crippen molar-refractivity contribution in [1.82, 2.24) is 9.78 Å². The molecule has 2 aromatic rings. The second-order valence-electron chi connectivity index (χ2n) is 5.98. The summed E-state index contributed by atoms with van der Waals surface area (Å²) in [4.78, 5) is 12.1. The predicted molar refractivity (Wildman–Crippen MR) is 87.2 cm³/mol. The van der Waals surface area contributed by atoms with Gasteiger partial charge in [0, 0.05) is 26.3 Å². The molecule has 0 spiro atoms. The van der Waals surface area contributed by atoms with E-state index in [0.29, 0.717) is 10.4 Å². The van der Waals surface area contributed by atoms with E-state index < -0.39 is 28.3 Å². The van der Waals surface area contributed by atoms with Gasteiger partial charge in [0.2, 0.25) is 5.69 Å². The van der Waals surface area contributed by atoms with Gasteiger partial charge in [-0.2, -0.15) is 13.2 Å². The molecule has 11 heteroatoms. The van der Waals surface area contributed by atoms with E-state index in [1.807, 2.05) is 20.0 Å². The second kappa shape index (κ2) is 6.07. The number of halogens is 3. The molecule has 0 radical (unpaired) electrons. The molecular weight excluding hydrogens is 353 g/mol. The fourth-order valence-electron chi connectivity index (χ4n) is 3.06. The summed E-state index contributed by atoms with van der Waals surface area (Å²) < 4.78 is 39.6. The summed E-state index contributed by atoms with van der Waals surface area (Å²) in [6.45, 7) is 2.69. The number of benzene rings is 1. The van der Waals surface area contributed by atoms with Crippen molar-refractivity contribution in [2.45, 2.75) is 19.5 Å². The maximum absolute atomic E-state index is 13.1. The van der Waals surface area contributed by atoms with E-state index in [9.17, 15) is 23.3 Å². The van der Waals surface area contributed by atoms with Crippen molar-refractivity contribution >= 4 is 22.9 Å². The van der Waals surface area contributed by atoms with Gasteiger partial charge in [-0.15, -0.1) is 15.3 Å². The molecule has 0 saturated heterocycles. The molecule has 0 aliphatic carbocycles. The van der Waals surface area contributed by atoms with Crippen LogP contribution >= 0.6 is 0 Å². The molecule has 1 aliphatic heterocycles. The summed E-state index contributed by atoms with van der Waals surface area (Å²) in [5, 5.41) is 22.2. The number of nitrogens with zero attached hydrogens (tertiary/aromatic N) is 6. The molecule has 0 N–H and O–H groups in total.